The number of hydrogen-bond donors (Lipinski definition) is 1. The van der Waals surface area contributed by atoms with Gasteiger partial charge >= 0.3 is 5.97 Å². The Balaban J connectivity index is 1.67. The zero-order chi connectivity index (χ0) is 13.2. The first kappa shape index (κ1) is 11.1. The third kappa shape index (κ3) is 1.35. The Labute approximate surface area is 110 Å². The average Bonchev–Trinajstić information content (AvgIpc) is 2.87. The van der Waals surface area contributed by atoms with Crippen LogP contribution >= 0.6 is 0 Å². The molecule has 4 aliphatic rings. The van der Waals surface area contributed by atoms with Crippen LogP contribution in [0.25, 0.3) is 0 Å². The number of nitrogens with zero attached hydrogens (tertiary/aromatic N) is 1. The van der Waals surface area contributed by atoms with Gasteiger partial charge in [0.15, 0.2) is 17.2 Å². The molecule has 100 valence electrons. The van der Waals surface area contributed by atoms with E-state index in [0.717, 1.165) is 12.3 Å². The van der Waals surface area contributed by atoms with Crippen molar-refractivity contribution < 1.29 is 19.4 Å². The maximum atomic E-state index is 11.0. The zero-order valence-corrected chi connectivity index (χ0v) is 10.6. The molecule has 4 saturated carbocycles. The van der Waals surface area contributed by atoms with Crippen molar-refractivity contribution >= 4 is 5.97 Å². The summed E-state index contributed by atoms with van der Waals surface area (Å²) in [6.45, 7) is 0. The highest BCUT2D eigenvalue weighted by atomic mass is 16.5. The quantitative estimate of drug-likeness (QED) is 0.897. The number of aromatic carboxylic acids is 1. The molecule has 0 spiro atoms. The van der Waals surface area contributed by atoms with E-state index in [1.165, 1.54) is 25.1 Å². The van der Waals surface area contributed by atoms with Gasteiger partial charge in [0.2, 0.25) is 0 Å². The van der Waals surface area contributed by atoms with E-state index in [4.69, 9.17) is 14.6 Å². The summed E-state index contributed by atoms with van der Waals surface area (Å²) in [5.74, 6) is 2.13. The van der Waals surface area contributed by atoms with Gasteiger partial charge in [0.25, 0.3) is 0 Å². The molecule has 1 heterocycles. The van der Waals surface area contributed by atoms with Crippen LogP contribution in [0, 0.1) is 17.8 Å². The molecular formula is C14H15NO4. The smallest absolute Gasteiger partial charge is 0.354 e. The Hall–Kier alpha value is -1.78. The average molecular weight is 261 g/mol. The van der Waals surface area contributed by atoms with Crippen LogP contribution in [0.3, 0.4) is 0 Å². The van der Waals surface area contributed by atoms with Crippen molar-refractivity contribution in [1.29, 1.82) is 0 Å². The Morgan fingerprint density at radius 3 is 2.68 bits per heavy atom. The van der Waals surface area contributed by atoms with Crippen LogP contribution in [0.1, 0.15) is 29.8 Å². The van der Waals surface area contributed by atoms with Gasteiger partial charge in [0.1, 0.15) is 5.60 Å². The SMILES string of the molecule is COc1cnc(C(=O)O)cc1OC12CC3CC1C2C3. The molecule has 5 nitrogen and oxygen atoms in total. The molecule has 19 heavy (non-hydrogen) atoms. The summed E-state index contributed by atoms with van der Waals surface area (Å²) < 4.78 is 11.4. The summed E-state index contributed by atoms with van der Waals surface area (Å²) in [6, 6.07) is 1.47. The highest BCUT2D eigenvalue weighted by molar-refractivity contribution is 5.86. The second kappa shape index (κ2) is 3.40. The zero-order valence-electron chi connectivity index (χ0n) is 10.6. The van der Waals surface area contributed by atoms with Crippen LogP contribution < -0.4 is 9.47 Å². The van der Waals surface area contributed by atoms with Gasteiger partial charge in [-0.15, -0.1) is 0 Å². The molecule has 5 rings (SSSR count). The van der Waals surface area contributed by atoms with E-state index >= 15 is 0 Å². The molecule has 0 amide bonds. The lowest BCUT2D eigenvalue weighted by atomic mass is 10.1. The van der Waals surface area contributed by atoms with Gasteiger partial charge in [-0.05, 0) is 25.2 Å². The molecule has 5 heteroatoms. The Kier molecular flexibility index (Phi) is 1.99. The summed E-state index contributed by atoms with van der Waals surface area (Å²) in [4.78, 5) is 14.8. The molecule has 1 aromatic heterocycles. The Bertz CT molecular complexity index is 559. The molecule has 0 radical (unpaired) electrons. The molecule has 4 fully saturated rings. The van der Waals surface area contributed by atoms with Gasteiger partial charge in [-0.25, -0.2) is 9.78 Å². The molecule has 0 saturated heterocycles. The van der Waals surface area contributed by atoms with Crippen molar-refractivity contribution in [2.45, 2.75) is 24.9 Å². The molecule has 2 unspecified atom stereocenters. The Morgan fingerprint density at radius 2 is 2.16 bits per heavy atom. The minimum absolute atomic E-state index is 0.00487. The van der Waals surface area contributed by atoms with Gasteiger partial charge in [0.05, 0.1) is 13.3 Å². The lowest BCUT2D eigenvalue weighted by Crippen LogP contribution is -2.19. The van der Waals surface area contributed by atoms with Gasteiger partial charge < -0.3 is 14.6 Å². The predicted molar refractivity (Wildman–Crippen MR) is 65.4 cm³/mol. The molecular weight excluding hydrogens is 246 g/mol. The summed E-state index contributed by atoms with van der Waals surface area (Å²) in [6.07, 6.45) is 5.07. The van der Waals surface area contributed by atoms with E-state index in [0.29, 0.717) is 23.3 Å². The van der Waals surface area contributed by atoms with Gasteiger partial charge in [-0.1, -0.05) is 0 Å². The number of hydrogen-bond acceptors (Lipinski definition) is 4. The van der Waals surface area contributed by atoms with Crippen LogP contribution in [0.4, 0.5) is 0 Å². The number of ether oxygens (including phenoxy) is 2. The van der Waals surface area contributed by atoms with Crippen molar-refractivity contribution in [3.05, 3.63) is 18.0 Å². The van der Waals surface area contributed by atoms with Gasteiger partial charge in [-0.3, -0.25) is 0 Å². The van der Waals surface area contributed by atoms with Gasteiger partial charge in [-0.2, -0.15) is 0 Å². The molecule has 0 aromatic carbocycles. The van der Waals surface area contributed by atoms with Crippen molar-refractivity contribution in [3.63, 3.8) is 0 Å². The summed E-state index contributed by atoms with van der Waals surface area (Å²) >= 11 is 0. The molecule has 0 aliphatic heterocycles. The molecule has 4 bridgehead atoms. The molecule has 2 atom stereocenters. The van der Waals surface area contributed by atoms with E-state index in [9.17, 15) is 4.79 Å². The monoisotopic (exact) mass is 261 g/mol. The molecule has 1 N–H and O–H groups in total. The van der Waals surface area contributed by atoms with E-state index in [1.54, 1.807) is 7.11 Å². The maximum absolute atomic E-state index is 11.0. The minimum Gasteiger partial charge on any atom is -0.491 e. The number of aromatic nitrogens is 1. The first-order valence-electron chi connectivity index (χ1n) is 6.60. The largest absolute Gasteiger partial charge is 0.491 e. The van der Waals surface area contributed by atoms with Crippen LogP contribution in [0.5, 0.6) is 11.5 Å². The number of carbonyl (C=O) groups is 1. The Morgan fingerprint density at radius 1 is 1.42 bits per heavy atom. The number of methoxy groups -OCH3 is 1. The predicted octanol–water partition coefficient (Wildman–Crippen LogP) is 1.97. The van der Waals surface area contributed by atoms with Gasteiger partial charge in [0, 0.05) is 17.9 Å². The minimum atomic E-state index is -1.05. The summed E-state index contributed by atoms with van der Waals surface area (Å²) in [5, 5.41) is 9.01. The fourth-order valence-corrected chi connectivity index (χ4v) is 4.21. The normalized spacial score (nSPS) is 37.2. The first-order chi connectivity index (χ1) is 9.14. The van der Waals surface area contributed by atoms with Crippen molar-refractivity contribution in [3.8, 4) is 11.5 Å². The van der Waals surface area contributed by atoms with Crippen LogP contribution in [-0.2, 0) is 0 Å². The lowest BCUT2D eigenvalue weighted by Gasteiger charge is -2.17. The number of pyridine rings is 1. The van der Waals surface area contributed by atoms with Crippen molar-refractivity contribution in [1.82, 2.24) is 4.98 Å². The second-order valence-electron chi connectivity index (χ2n) is 5.84. The second-order valence-corrected chi connectivity index (χ2v) is 5.84. The van der Waals surface area contributed by atoms with E-state index in [1.807, 2.05) is 0 Å². The fraction of sp³-hybridized carbons (Fsp3) is 0.571. The number of carboxylic acids is 1. The summed E-state index contributed by atoms with van der Waals surface area (Å²) in [7, 11) is 1.54. The van der Waals surface area contributed by atoms with E-state index < -0.39 is 5.97 Å². The number of rotatable bonds is 4. The molecule has 4 aliphatic carbocycles. The fourth-order valence-electron chi connectivity index (χ4n) is 4.21. The van der Waals surface area contributed by atoms with Crippen molar-refractivity contribution in [2.24, 2.45) is 17.8 Å². The lowest BCUT2D eigenvalue weighted by molar-refractivity contribution is 0.0688. The van der Waals surface area contributed by atoms with Crippen LogP contribution in [0.15, 0.2) is 12.3 Å². The number of carboxylic acid groups (broad SMARTS) is 1. The van der Waals surface area contributed by atoms with Crippen LogP contribution in [-0.4, -0.2) is 28.8 Å². The first-order valence-corrected chi connectivity index (χ1v) is 6.60. The topological polar surface area (TPSA) is 68.7 Å². The maximum Gasteiger partial charge on any atom is 0.354 e. The van der Waals surface area contributed by atoms with Crippen LogP contribution in [0.2, 0.25) is 0 Å². The highest BCUT2D eigenvalue weighted by Gasteiger charge is 2.77. The van der Waals surface area contributed by atoms with E-state index in [2.05, 4.69) is 4.98 Å². The standard InChI is InChI=1S/C14H15NO4/c1-18-12-6-15-10(13(16)17)4-11(12)19-14-5-7-2-8(14)9(14)3-7/h4,6-9H,2-3,5H2,1H3,(H,16,17). The third-order valence-electron chi connectivity index (χ3n) is 4.98. The van der Waals surface area contributed by atoms with Crippen molar-refractivity contribution in [2.75, 3.05) is 7.11 Å². The molecule has 1 aromatic rings. The third-order valence-corrected chi connectivity index (χ3v) is 4.98. The van der Waals surface area contributed by atoms with E-state index in [-0.39, 0.29) is 11.3 Å². The summed E-state index contributed by atoms with van der Waals surface area (Å²) in [5.41, 5.74) is -0.0375. The highest BCUT2D eigenvalue weighted by Crippen LogP contribution is 2.74.